The number of hydrogen-bond donors (Lipinski definition) is 2. The fourth-order valence-corrected chi connectivity index (χ4v) is 2.86. The van der Waals surface area contributed by atoms with Crippen molar-refractivity contribution in [3.05, 3.63) is 42.1 Å². The van der Waals surface area contributed by atoms with E-state index in [1.165, 1.54) is 12.3 Å². The van der Waals surface area contributed by atoms with Gasteiger partial charge in [0.15, 0.2) is 0 Å². The van der Waals surface area contributed by atoms with E-state index in [-0.39, 0.29) is 23.8 Å². The van der Waals surface area contributed by atoms with Gasteiger partial charge in [-0.2, -0.15) is 4.98 Å². The molecule has 144 valence electrons. The van der Waals surface area contributed by atoms with Crippen molar-refractivity contribution in [2.24, 2.45) is 0 Å². The lowest BCUT2D eigenvalue weighted by Gasteiger charge is -2.31. The molecule has 3 rings (SSSR count). The third-order valence-electron chi connectivity index (χ3n) is 4.23. The van der Waals surface area contributed by atoms with Gasteiger partial charge in [-0.15, -0.1) is 0 Å². The minimum absolute atomic E-state index is 0.0907. The van der Waals surface area contributed by atoms with E-state index in [9.17, 15) is 13.6 Å². The van der Waals surface area contributed by atoms with E-state index in [1.807, 2.05) is 0 Å². The Morgan fingerprint density at radius 1 is 1.26 bits per heavy atom. The van der Waals surface area contributed by atoms with Gasteiger partial charge in [0.1, 0.15) is 23.1 Å². The Hall–Kier alpha value is -2.97. The Bertz CT molecular complexity index is 777. The van der Waals surface area contributed by atoms with Crippen molar-refractivity contribution in [1.29, 1.82) is 0 Å². The van der Waals surface area contributed by atoms with E-state index in [0.29, 0.717) is 25.5 Å². The average molecular weight is 377 g/mol. The van der Waals surface area contributed by atoms with Crippen molar-refractivity contribution >= 4 is 23.5 Å². The van der Waals surface area contributed by atoms with Gasteiger partial charge in [0.05, 0.1) is 6.61 Å². The number of aromatic nitrogens is 2. The number of likely N-dealkylation sites (tertiary alicyclic amines) is 1. The van der Waals surface area contributed by atoms with Crippen LogP contribution in [0.3, 0.4) is 0 Å². The molecule has 1 aromatic heterocycles. The topological polar surface area (TPSA) is 79.4 Å². The molecule has 2 heterocycles. The van der Waals surface area contributed by atoms with Gasteiger partial charge in [0.25, 0.3) is 0 Å². The number of amides is 1. The molecule has 1 fully saturated rings. The molecule has 0 bridgehead atoms. The maximum atomic E-state index is 13.8. The second-order valence-electron chi connectivity index (χ2n) is 6.09. The summed E-state index contributed by atoms with van der Waals surface area (Å²) in [6, 6.07) is 5.41. The highest BCUT2D eigenvalue weighted by Gasteiger charge is 2.23. The fraction of sp³-hybridized carbons (Fsp3) is 0.389. The molecule has 27 heavy (non-hydrogen) atoms. The predicted molar refractivity (Wildman–Crippen MR) is 96.9 cm³/mol. The average Bonchev–Trinajstić information content (AvgIpc) is 2.66. The van der Waals surface area contributed by atoms with Crippen LogP contribution in [0.25, 0.3) is 0 Å². The number of halogens is 2. The van der Waals surface area contributed by atoms with Gasteiger partial charge >= 0.3 is 6.09 Å². The van der Waals surface area contributed by atoms with E-state index < -0.39 is 11.6 Å². The van der Waals surface area contributed by atoms with Crippen LogP contribution in [0, 0.1) is 11.6 Å². The Balaban J connectivity index is 1.59. The molecule has 2 aromatic rings. The summed E-state index contributed by atoms with van der Waals surface area (Å²) >= 11 is 0. The summed E-state index contributed by atoms with van der Waals surface area (Å²) < 4.78 is 32.5. The van der Waals surface area contributed by atoms with Crippen LogP contribution in [0.5, 0.6) is 0 Å². The van der Waals surface area contributed by atoms with E-state index in [4.69, 9.17) is 4.74 Å². The second-order valence-corrected chi connectivity index (χ2v) is 6.09. The van der Waals surface area contributed by atoms with E-state index in [2.05, 4.69) is 20.6 Å². The number of carbonyl (C=O) groups excluding carboxylic acids is 1. The van der Waals surface area contributed by atoms with Gasteiger partial charge in [-0.3, -0.25) is 0 Å². The third-order valence-corrected chi connectivity index (χ3v) is 4.23. The lowest BCUT2D eigenvalue weighted by atomic mass is 10.1. The minimum Gasteiger partial charge on any atom is -0.450 e. The lowest BCUT2D eigenvalue weighted by Crippen LogP contribution is -2.42. The quantitative estimate of drug-likeness (QED) is 0.830. The van der Waals surface area contributed by atoms with Gasteiger partial charge in [-0.05, 0) is 38.0 Å². The van der Waals surface area contributed by atoms with Gasteiger partial charge in [0.2, 0.25) is 5.95 Å². The molecule has 0 saturated carbocycles. The molecule has 0 radical (unpaired) electrons. The number of carbonyl (C=O) groups is 1. The smallest absolute Gasteiger partial charge is 0.409 e. The Morgan fingerprint density at radius 3 is 2.63 bits per heavy atom. The summed E-state index contributed by atoms with van der Waals surface area (Å²) in [5.41, 5.74) is -0.294. The number of rotatable bonds is 5. The van der Waals surface area contributed by atoms with Gasteiger partial charge < -0.3 is 20.3 Å². The Morgan fingerprint density at radius 2 is 1.96 bits per heavy atom. The first kappa shape index (κ1) is 18.8. The van der Waals surface area contributed by atoms with Crippen LogP contribution in [0.2, 0.25) is 0 Å². The van der Waals surface area contributed by atoms with Gasteiger partial charge in [-0.1, -0.05) is 6.07 Å². The Labute approximate surface area is 155 Å². The summed E-state index contributed by atoms with van der Waals surface area (Å²) in [4.78, 5) is 21.7. The van der Waals surface area contributed by atoms with Gasteiger partial charge in [-0.25, -0.2) is 18.6 Å². The third kappa shape index (κ3) is 4.81. The molecular formula is C18H21F2N5O2. The highest BCUT2D eigenvalue weighted by atomic mass is 19.1. The molecule has 2 N–H and O–H groups in total. The highest BCUT2D eigenvalue weighted by molar-refractivity contribution is 5.67. The highest BCUT2D eigenvalue weighted by Crippen LogP contribution is 2.22. The zero-order chi connectivity index (χ0) is 19.2. The number of para-hydroxylation sites is 1. The van der Waals surface area contributed by atoms with Crippen molar-refractivity contribution in [3.8, 4) is 0 Å². The monoisotopic (exact) mass is 377 g/mol. The molecule has 0 unspecified atom stereocenters. The lowest BCUT2D eigenvalue weighted by molar-refractivity contribution is 0.0983. The fourth-order valence-electron chi connectivity index (χ4n) is 2.86. The summed E-state index contributed by atoms with van der Waals surface area (Å²) in [6.07, 6.45) is 2.70. The number of nitrogens with one attached hydrogen (secondary N) is 2. The summed E-state index contributed by atoms with van der Waals surface area (Å²) in [5, 5.41) is 5.84. The van der Waals surface area contributed by atoms with E-state index in [1.54, 1.807) is 17.9 Å². The summed E-state index contributed by atoms with van der Waals surface area (Å²) in [5.74, 6) is -0.807. The molecule has 0 atom stereocenters. The van der Waals surface area contributed by atoms with Gasteiger partial charge in [0, 0.05) is 25.3 Å². The van der Waals surface area contributed by atoms with Crippen molar-refractivity contribution in [3.63, 3.8) is 0 Å². The maximum Gasteiger partial charge on any atom is 0.409 e. The zero-order valence-corrected chi connectivity index (χ0v) is 14.9. The zero-order valence-electron chi connectivity index (χ0n) is 14.9. The second kappa shape index (κ2) is 8.61. The molecule has 1 saturated heterocycles. The first-order valence-corrected chi connectivity index (χ1v) is 8.79. The van der Waals surface area contributed by atoms with Crippen LogP contribution in [0.4, 0.5) is 31.0 Å². The molecule has 1 aliphatic heterocycles. The predicted octanol–water partition coefficient (Wildman–Crippen LogP) is 3.53. The van der Waals surface area contributed by atoms with E-state index in [0.717, 1.165) is 25.0 Å². The van der Waals surface area contributed by atoms with Crippen molar-refractivity contribution in [1.82, 2.24) is 14.9 Å². The first-order valence-electron chi connectivity index (χ1n) is 8.79. The molecule has 1 amide bonds. The molecule has 1 aromatic carbocycles. The number of benzene rings is 1. The van der Waals surface area contributed by atoms with Crippen LogP contribution in [-0.4, -0.2) is 46.7 Å². The van der Waals surface area contributed by atoms with Crippen LogP contribution in [0.1, 0.15) is 19.8 Å². The van der Waals surface area contributed by atoms with Crippen LogP contribution in [0.15, 0.2) is 30.5 Å². The summed E-state index contributed by atoms with van der Waals surface area (Å²) in [7, 11) is 0. The van der Waals surface area contributed by atoms with Crippen LogP contribution in [-0.2, 0) is 4.74 Å². The number of anilines is 3. The summed E-state index contributed by atoms with van der Waals surface area (Å²) in [6.45, 7) is 3.32. The SMILES string of the molecule is CCOC(=O)N1CCC(Nc2ccnc(Nc3c(F)cccc3F)n2)CC1. The van der Waals surface area contributed by atoms with E-state index >= 15 is 0 Å². The number of piperidine rings is 1. The molecule has 9 heteroatoms. The maximum absolute atomic E-state index is 13.8. The molecular weight excluding hydrogens is 356 g/mol. The first-order chi connectivity index (χ1) is 13.1. The number of hydrogen-bond acceptors (Lipinski definition) is 6. The van der Waals surface area contributed by atoms with Crippen LogP contribution >= 0.6 is 0 Å². The van der Waals surface area contributed by atoms with Crippen molar-refractivity contribution in [2.75, 3.05) is 30.3 Å². The van der Waals surface area contributed by atoms with Crippen LogP contribution < -0.4 is 10.6 Å². The Kier molecular flexibility index (Phi) is 6.00. The minimum atomic E-state index is -0.719. The molecule has 0 spiro atoms. The largest absolute Gasteiger partial charge is 0.450 e. The molecule has 1 aliphatic rings. The molecule has 0 aliphatic carbocycles. The number of ether oxygens (including phenoxy) is 1. The van der Waals surface area contributed by atoms with Crippen molar-refractivity contribution in [2.45, 2.75) is 25.8 Å². The number of nitrogens with zero attached hydrogens (tertiary/aromatic N) is 3. The van der Waals surface area contributed by atoms with Crippen molar-refractivity contribution < 1.29 is 18.3 Å². The molecule has 7 nitrogen and oxygen atoms in total. The standard InChI is InChI=1S/C18H21F2N5O2/c1-2-27-18(26)25-10-7-12(8-11-25)22-15-6-9-21-17(23-15)24-16-13(19)4-3-5-14(16)20/h3-6,9,12H,2,7-8,10-11H2,1H3,(H2,21,22,23,24). The normalized spacial score (nSPS) is 14.7.